The van der Waals surface area contributed by atoms with Crippen LogP contribution in [0.4, 0.5) is 5.69 Å². The summed E-state index contributed by atoms with van der Waals surface area (Å²) in [5.74, 6) is 0.346. The van der Waals surface area contributed by atoms with Crippen molar-refractivity contribution in [2.24, 2.45) is 11.3 Å². The second kappa shape index (κ2) is 7.52. The van der Waals surface area contributed by atoms with Gasteiger partial charge in [0.2, 0.25) is 5.91 Å². The molecule has 2 aromatic heterocycles. The lowest BCUT2D eigenvalue weighted by Crippen LogP contribution is -2.39. The maximum Gasteiger partial charge on any atom is 0.229 e. The number of H-pyrrole nitrogens is 2. The van der Waals surface area contributed by atoms with E-state index in [1.165, 1.54) is 17.7 Å². The Hall–Kier alpha value is -2.60. The number of hydrogen-bond donors (Lipinski definition) is 2. The second-order valence-electron chi connectivity index (χ2n) is 10.3. The Morgan fingerprint density at radius 2 is 2.00 bits per heavy atom. The standard InChI is InChI=1S/C25H33N5O/c1-25(2)10-7-19-22(15-25)27-28-23(19)21-13-17-5-6-18(14-20(17)26-21)30(4)24(31)16-8-11-29(3)12-9-16/h5-6,13-14,16,26H,7-12,15H2,1-4H3,(H,27,28). The number of aromatic nitrogens is 3. The van der Waals surface area contributed by atoms with Crippen molar-refractivity contribution in [2.75, 3.05) is 32.1 Å². The molecular weight excluding hydrogens is 386 g/mol. The molecule has 1 fully saturated rings. The van der Waals surface area contributed by atoms with Gasteiger partial charge in [-0.2, -0.15) is 5.10 Å². The first kappa shape index (κ1) is 20.3. The molecule has 1 aromatic carbocycles. The van der Waals surface area contributed by atoms with Gasteiger partial charge in [0.05, 0.1) is 5.69 Å². The summed E-state index contributed by atoms with van der Waals surface area (Å²) in [4.78, 5) is 20.7. The molecule has 3 aromatic rings. The Kier molecular flexibility index (Phi) is 4.93. The third-order valence-electron chi connectivity index (χ3n) is 7.31. The lowest BCUT2D eigenvalue weighted by atomic mass is 9.76. The van der Waals surface area contributed by atoms with Gasteiger partial charge in [0.15, 0.2) is 0 Å². The average Bonchev–Trinajstić information content (AvgIpc) is 3.35. The molecule has 2 aliphatic rings. The number of benzene rings is 1. The van der Waals surface area contributed by atoms with Crippen LogP contribution in [-0.2, 0) is 17.6 Å². The minimum atomic E-state index is 0.121. The number of carbonyl (C=O) groups excluding carboxylic acids is 1. The largest absolute Gasteiger partial charge is 0.353 e. The number of likely N-dealkylation sites (tertiary alicyclic amines) is 1. The summed E-state index contributed by atoms with van der Waals surface area (Å²) in [6.07, 6.45) is 5.16. The highest BCUT2D eigenvalue weighted by Gasteiger charge is 2.30. The van der Waals surface area contributed by atoms with E-state index in [9.17, 15) is 4.79 Å². The molecule has 0 spiro atoms. The molecule has 164 valence electrons. The summed E-state index contributed by atoms with van der Waals surface area (Å²) < 4.78 is 0. The zero-order chi connectivity index (χ0) is 21.8. The number of rotatable bonds is 3. The van der Waals surface area contributed by atoms with Crippen LogP contribution in [0, 0.1) is 11.3 Å². The zero-order valence-corrected chi connectivity index (χ0v) is 19.1. The molecule has 31 heavy (non-hydrogen) atoms. The van der Waals surface area contributed by atoms with Crippen LogP contribution in [0.2, 0.25) is 0 Å². The molecule has 6 nitrogen and oxygen atoms in total. The molecule has 1 aliphatic carbocycles. The highest BCUT2D eigenvalue weighted by molar-refractivity contribution is 5.97. The number of amides is 1. The molecule has 0 atom stereocenters. The first-order valence-corrected chi connectivity index (χ1v) is 11.5. The van der Waals surface area contributed by atoms with Gasteiger partial charge in [-0.1, -0.05) is 19.9 Å². The summed E-state index contributed by atoms with van der Waals surface area (Å²) in [5, 5.41) is 9.08. The van der Waals surface area contributed by atoms with E-state index in [-0.39, 0.29) is 11.8 Å². The van der Waals surface area contributed by atoms with Crippen molar-refractivity contribution >= 4 is 22.5 Å². The second-order valence-corrected chi connectivity index (χ2v) is 10.3. The smallest absolute Gasteiger partial charge is 0.229 e. The fourth-order valence-electron chi connectivity index (χ4n) is 5.18. The number of piperidine rings is 1. The predicted molar refractivity (Wildman–Crippen MR) is 125 cm³/mol. The topological polar surface area (TPSA) is 68.0 Å². The molecule has 1 amide bonds. The predicted octanol–water partition coefficient (Wildman–Crippen LogP) is 4.38. The van der Waals surface area contributed by atoms with E-state index in [0.717, 1.165) is 66.8 Å². The molecule has 2 N–H and O–H groups in total. The SMILES string of the molecule is CN1CCC(C(=O)N(C)c2ccc3cc(-c4n[nH]c5c4CCC(C)(C)C5)[nH]c3c2)CC1. The molecule has 1 saturated heterocycles. The molecular formula is C25H33N5O. The van der Waals surface area contributed by atoms with E-state index in [2.05, 4.69) is 65.2 Å². The van der Waals surface area contributed by atoms with Gasteiger partial charge in [0.1, 0.15) is 5.69 Å². The van der Waals surface area contributed by atoms with Crippen LogP contribution in [-0.4, -0.2) is 53.2 Å². The molecule has 5 rings (SSSR count). The Balaban J connectivity index is 1.40. The van der Waals surface area contributed by atoms with Crippen LogP contribution in [0.3, 0.4) is 0 Å². The van der Waals surface area contributed by atoms with Crippen LogP contribution >= 0.6 is 0 Å². The number of carbonyl (C=O) groups is 1. The fourth-order valence-corrected chi connectivity index (χ4v) is 5.18. The van der Waals surface area contributed by atoms with E-state index in [4.69, 9.17) is 0 Å². The Bertz CT molecular complexity index is 1120. The van der Waals surface area contributed by atoms with Crippen molar-refractivity contribution in [3.63, 3.8) is 0 Å². The number of hydrogen-bond acceptors (Lipinski definition) is 3. The van der Waals surface area contributed by atoms with Crippen LogP contribution < -0.4 is 4.90 Å². The van der Waals surface area contributed by atoms with E-state index in [1.807, 2.05) is 11.9 Å². The Morgan fingerprint density at radius 1 is 1.23 bits per heavy atom. The van der Waals surface area contributed by atoms with Gasteiger partial charge < -0.3 is 14.8 Å². The van der Waals surface area contributed by atoms with E-state index in [1.54, 1.807) is 0 Å². The maximum absolute atomic E-state index is 13.0. The molecule has 0 saturated carbocycles. The van der Waals surface area contributed by atoms with Crippen molar-refractivity contribution in [1.82, 2.24) is 20.1 Å². The summed E-state index contributed by atoms with van der Waals surface area (Å²) >= 11 is 0. The minimum Gasteiger partial charge on any atom is -0.353 e. The van der Waals surface area contributed by atoms with Gasteiger partial charge in [0, 0.05) is 40.8 Å². The first-order valence-electron chi connectivity index (χ1n) is 11.5. The Labute approximate surface area is 184 Å². The van der Waals surface area contributed by atoms with Crippen molar-refractivity contribution in [3.05, 3.63) is 35.5 Å². The van der Waals surface area contributed by atoms with Crippen LogP contribution in [0.15, 0.2) is 24.3 Å². The first-order chi connectivity index (χ1) is 14.8. The van der Waals surface area contributed by atoms with Gasteiger partial charge in [-0.3, -0.25) is 9.89 Å². The molecule has 0 unspecified atom stereocenters. The van der Waals surface area contributed by atoms with Crippen molar-refractivity contribution < 1.29 is 4.79 Å². The molecule has 6 heteroatoms. The zero-order valence-electron chi connectivity index (χ0n) is 19.1. The number of aromatic amines is 2. The molecule has 0 bridgehead atoms. The van der Waals surface area contributed by atoms with Gasteiger partial charge in [-0.15, -0.1) is 0 Å². The lowest BCUT2D eigenvalue weighted by Gasteiger charge is -2.31. The maximum atomic E-state index is 13.0. The summed E-state index contributed by atoms with van der Waals surface area (Å²) in [7, 11) is 4.02. The highest BCUT2D eigenvalue weighted by atomic mass is 16.2. The quantitative estimate of drug-likeness (QED) is 0.662. The van der Waals surface area contributed by atoms with Gasteiger partial charge in [-0.25, -0.2) is 0 Å². The van der Waals surface area contributed by atoms with Gasteiger partial charge >= 0.3 is 0 Å². The van der Waals surface area contributed by atoms with Gasteiger partial charge in [0.25, 0.3) is 0 Å². The average molecular weight is 420 g/mol. The van der Waals surface area contributed by atoms with Crippen LogP contribution in [0.1, 0.15) is 44.4 Å². The third-order valence-corrected chi connectivity index (χ3v) is 7.31. The van der Waals surface area contributed by atoms with E-state index < -0.39 is 0 Å². The molecule has 3 heterocycles. The van der Waals surface area contributed by atoms with Crippen molar-refractivity contribution in [1.29, 1.82) is 0 Å². The number of anilines is 1. The van der Waals surface area contributed by atoms with E-state index >= 15 is 0 Å². The lowest BCUT2D eigenvalue weighted by molar-refractivity contribution is -0.123. The van der Waals surface area contributed by atoms with Gasteiger partial charge in [-0.05, 0) is 75.9 Å². The number of fused-ring (bicyclic) bond motifs is 2. The normalized spacial score (nSPS) is 19.5. The third kappa shape index (κ3) is 3.78. The summed E-state index contributed by atoms with van der Waals surface area (Å²) in [6.45, 7) is 6.64. The number of nitrogens with one attached hydrogen (secondary N) is 2. The van der Waals surface area contributed by atoms with Crippen molar-refractivity contribution in [2.45, 2.75) is 46.0 Å². The monoisotopic (exact) mass is 419 g/mol. The van der Waals surface area contributed by atoms with Crippen LogP contribution in [0.25, 0.3) is 22.3 Å². The summed E-state index contributed by atoms with van der Waals surface area (Å²) in [5.41, 5.74) is 7.03. The molecule has 1 aliphatic heterocycles. The Morgan fingerprint density at radius 3 is 2.77 bits per heavy atom. The fraction of sp³-hybridized carbons (Fsp3) is 0.520. The minimum absolute atomic E-state index is 0.121. The van der Waals surface area contributed by atoms with Crippen molar-refractivity contribution in [3.8, 4) is 11.4 Å². The molecule has 0 radical (unpaired) electrons. The van der Waals surface area contributed by atoms with Crippen LogP contribution in [0.5, 0.6) is 0 Å². The summed E-state index contributed by atoms with van der Waals surface area (Å²) in [6, 6.07) is 8.42. The van der Waals surface area contributed by atoms with E-state index in [0.29, 0.717) is 5.41 Å². The number of nitrogens with zero attached hydrogens (tertiary/aromatic N) is 3. The highest BCUT2D eigenvalue weighted by Crippen LogP contribution is 2.38.